The van der Waals surface area contributed by atoms with Gasteiger partial charge in [-0.05, 0) is 0 Å². The van der Waals surface area contributed by atoms with Crippen molar-refractivity contribution >= 4 is 238 Å². The second-order valence-corrected chi connectivity index (χ2v) is 12.8. The van der Waals surface area contributed by atoms with Gasteiger partial charge in [0.25, 0.3) is 0 Å². The summed E-state index contributed by atoms with van der Waals surface area (Å²) in [5.41, 5.74) is 0. The molecule has 0 heterocycles. The number of carbonyl (C=O) groups is 30. The van der Waals surface area contributed by atoms with Crippen molar-refractivity contribution in [2.24, 2.45) is 0 Å². The normalized spacial score (nSPS) is 7.64. The molecule has 0 aliphatic heterocycles. The van der Waals surface area contributed by atoms with Crippen LogP contribution in [0.1, 0.15) is 0 Å². The summed E-state index contributed by atoms with van der Waals surface area (Å²) in [6.07, 6.45) is 0. The zero-order chi connectivity index (χ0) is 85.3. The number of carboxylic acids is 6. The molecule has 0 saturated carbocycles. The molecule has 68 nitrogen and oxygen atoms in total. The molecule has 0 unspecified atom stereocenters. The first-order valence-corrected chi connectivity index (χ1v) is 21.8. The van der Waals surface area contributed by atoms with Gasteiger partial charge in [-0.2, -0.15) is 0 Å². The molecule has 0 rings (SSSR count). The van der Waals surface area contributed by atoms with Crippen LogP contribution in [0.3, 0.4) is 0 Å². The molecule has 122 heavy (non-hydrogen) atoms. The summed E-state index contributed by atoms with van der Waals surface area (Å²) in [5, 5.41) is 202. The average molecular weight is 1650 g/mol. The minimum Gasteiger partial charge on any atom is -0.860 e. The van der Waals surface area contributed by atoms with Crippen LogP contribution in [0.5, 0.6) is 0 Å². The number of rotatable bonds is 8. The fourth-order valence-electron chi connectivity index (χ4n) is 2.42. The minimum absolute atomic E-state index is 0. The van der Waals surface area contributed by atoms with Crippen LogP contribution in [0.2, 0.25) is 0 Å². The largest absolute Gasteiger partial charge is 1.00 e. The number of hydrogen-bond acceptors (Lipinski definition) is 62. The Labute approximate surface area is 860 Å². The fraction of sp³-hybridized carbons (Fsp3) is 0. The van der Waals surface area contributed by atoms with E-state index in [1.165, 1.54) is 0 Å². The third-order valence-electron chi connectivity index (χ3n) is 5.66. The molecule has 574 valence electrons. The molecule has 0 aromatic heterocycles. The van der Waals surface area contributed by atoms with E-state index in [0.717, 1.165) is 0 Å². The van der Waals surface area contributed by atoms with Crippen LogP contribution in [-0.4, -0.2) is 268 Å². The molecule has 0 aliphatic rings. The number of aliphatic carboxylic acids is 6. The Morgan fingerprint density at radius 1 is 0.123 bits per heavy atom. The molecule has 0 fully saturated rings. The maximum Gasteiger partial charge on any atom is 1.00 e. The van der Waals surface area contributed by atoms with Gasteiger partial charge in [0.05, 0.1) is 0 Å². The number of esters is 16. The Morgan fingerprint density at radius 2 is 0.172 bits per heavy atom. The van der Waals surface area contributed by atoms with Gasteiger partial charge in [0, 0.05) is 0 Å². The molecule has 6 N–H and O–H groups in total. The maximum atomic E-state index is 10.8. The van der Waals surface area contributed by atoms with Crippen LogP contribution in [-0.2, 0) is 219 Å². The van der Waals surface area contributed by atoms with Crippen LogP contribution in [0, 0.1) is 0 Å². The first-order chi connectivity index (χ1) is 48.1. The van der Waals surface area contributed by atoms with Crippen molar-refractivity contribution in [3.63, 3.8) is 0 Å². The minimum atomic E-state index is -3.22. The van der Waals surface area contributed by atoms with Crippen LogP contribution >= 0.6 is 0 Å². The molecule has 0 spiro atoms. The molecule has 0 radical (unpaired) electrons. The molecule has 0 bridgehead atoms. The van der Waals surface area contributed by atoms with E-state index >= 15 is 0 Å². The van der Waals surface area contributed by atoms with E-state index in [9.17, 15) is 195 Å². The third-order valence-corrected chi connectivity index (χ3v) is 5.66. The van der Waals surface area contributed by atoms with Gasteiger partial charge < -0.3 is 186 Å². The monoisotopic (exact) mass is 1650 g/mol. The van der Waals surface area contributed by atoms with Crippen molar-refractivity contribution in [1.82, 2.24) is 0 Å². The summed E-state index contributed by atoms with van der Waals surface area (Å²) in [6, 6.07) is 0. The summed E-state index contributed by atoms with van der Waals surface area (Å²) >= 11 is 0. The van der Waals surface area contributed by atoms with Gasteiger partial charge in [-0.1, -0.05) is 0 Å². The van der Waals surface area contributed by atoms with E-state index in [4.69, 9.17) is 59.4 Å². The first-order valence-electron chi connectivity index (χ1n) is 21.8. The predicted molar refractivity (Wildman–Crippen MR) is 229 cm³/mol. The van der Waals surface area contributed by atoms with Crippen molar-refractivity contribution in [3.05, 3.63) is 0 Å². The van der Waals surface area contributed by atoms with E-state index in [0.29, 0.717) is 0 Å². The summed E-state index contributed by atoms with van der Waals surface area (Å²) in [4.78, 5) is 311. The maximum absolute atomic E-state index is 10.8. The second-order valence-electron chi connectivity index (χ2n) is 12.8. The van der Waals surface area contributed by atoms with Gasteiger partial charge in [-0.15, -0.1) is 0 Å². The third kappa shape index (κ3) is 106. The molecular formula is C30H6B8Li16O68. The molecule has 92 heteroatoms. The van der Waals surface area contributed by atoms with Gasteiger partial charge in [-0.25, -0.2) is 144 Å². The fourth-order valence-corrected chi connectivity index (χ4v) is 2.42. The average Bonchev–Trinajstić information content (AvgIpc) is 0.927. The Balaban J connectivity index is -0.0000000457. The second kappa shape index (κ2) is 98.3. The summed E-state index contributed by atoms with van der Waals surface area (Å²) in [5.74, 6) is -65.4. The zero-order valence-corrected chi connectivity index (χ0v) is 63.6. The van der Waals surface area contributed by atoms with Crippen LogP contribution in [0.4, 0.5) is 0 Å². The van der Waals surface area contributed by atoms with Crippen LogP contribution in [0.15, 0.2) is 0 Å². The number of hydrogen-bond donors (Lipinski definition) is 6. The molecule has 0 atom stereocenters. The van der Waals surface area contributed by atoms with E-state index in [-0.39, 0.29) is 302 Å². The van der Waals surface area contributed by atoms with Crippen LogP contribution < -0.4 is 382 Å². The van der Waals surface area contributed by atoms with Gasteiger partial charge in [-0.3, -0.25) is 0 Å². The topological polar surface area (TPSA) is 1150 Å². The number of carbonyl (C=O) groups excluding carboxylic acids is 24. The van der Waals surface area contributed by atoms with Gasteiger partial charge >= 0.3 is 481 Å². The smallest absolute Gasteiger partial charge is 0.860 e. The Kier molecular flexibility index (Phi) is 144. The number of ether oxygens (including phenoxy) is 8. The Hall–Kier alpha value is -4.86. The van der Waals surface area contributed by atoms with Crippen molar-refractivity contribution in [2.45, 2.75) is 0 Å². The predicted octanol–water partition coefficient (Wildman–Crippen LogP) is -84.0. The number of carboxylic acid groups (broad SMARTS) is 6. The van der Waals surface area contributed by atoms with Gasteiger partial charge in [0.1, 0.15) is 58.6 Å². The molecule has 0 aliphatic carbocycles. The zero-order valence-electron chi connectivity index (χ0n) is 63.6. The van der Waals surface area contributed by atoms with Crippen molar-refractivity contribution in [2.75, 3.05) is 0 Å². The van der Waals surface area contributed by atoms with E-state index < -0.39 is 238 Å². The Bertz CT molecular complexity index is 2840. The van der Waals surface area contributed by atoms with E-state index in [1.807, 2.05) is 0 Å². The standard InChI is InChI=1S/4C6B2O14.3C2H2O4.16Li/c4*9-1(19-3(11)5(13)21-7(15)16)2(10)20-4(12)6(14)22-8(17)18;3*3-1(4)2(5)6;;;;;;;;;;;;;;;;/h;;;;3*(H,3,4)(H,5,6);;;;;;;;;;;;;;;;/q4*-4;;;;16*+1. The summed E-state index contributed by atoms with van der Waals surface area (Å²) in [7, 11) is -25.7. The van der Waals surface area contributed by atoms with Crippen molar-refractivity contribution < 1.29 is 632 Å². The molecule has 0 aromatic carbocycles. The van der Waals surface area contributed by atoms with Crippen molar-refractivity contribution in [1.29, 1.82) is 0 Å². The molecule has 0 aromatic rings. The summed E-state index contributed by atoms with van der Waals surface area (Å²) < 4.78 is 53.0. The quantitative estimate of drug-likeness (QED) is 0.0432. The molecule has 0 saturated heterocycles. The van der Waals surface area contributed by atoms with E-state index in [1.54, 1.807) is 0 Å². The van der Waals surface area contributed by atoms with Gasteiger partial charge in [0.2, 0.25) is 0 Å². The SMILES string of the molecule is O=C(O)C(=O)O.O=C(O)C(=O)O.O=C(O)C(=O)O.O=C(OB([O-])[O-])C(=O)OC(=O)C(=O)OC(=O)C(=O)OB([O-])[O-].O=C(OB([O-])[O-])C(=O)OC(=O)C(=O)OC(=O)C(=O)OB([O-])[O-].O=C(OB([O-])[O-])C(=O)OC(=O)C(=O)OC(=O)C(=O)OB([O-])[O-].O=C(OB([O-])[O-])C(=O)OC(=O)C(=O)OC(=O)C(=O)OB([O-])[O-].[Li+].[Li+].[Li+].[Li+].[Li+].[Li+].[Li+].[Li+].[Li+].[Li+].[Li+].[Li+].[Li+].[Li+].[Li+].[Li+]. The summed E-state index contributed by atoms with van der Waals surface area (Å²) in [6.45, 7) is 0. The van der Waals surface area contributed by atoms with Crippen molar-refractivity contribution in [3.8, 4) is 0 Å². The van der Waals surface area contributed by atoms with Gasteiger partial charge in [0.15, 0.2) is 0 Å². The molecule has 0 amide bonds. The van der Waals surface area contributed by atoms with E-state index in [2.05, 4.69) is 75.1 Å². The first kappa shape index (κ1) is 178. The molecular weight excluding hydrogens is 1650 g/mol. The Morgan fingerprint density at radius 3 is 0.213 bits per heavy atom. The van der Waals surface area contributed by atoms with Crippen LogP contribution in [0.25, 0.3) is 0 Å².